The van der Waals surface area contributed by atoms with Crippen molar-refractivity contribution < 1.29 is 9.59 Å². The van der Waals surface area contributed by atoms with Crippen molar-refractivity contribution >= 4 is 23.2 Å². The molecule has 0 aliphatic rings. The van der Waals surface area contributed by atoms with Crippen LogP contribution in [0.1, 0.15) is 37.0 Å². The maximum absolute atomic E-state index is 12.3. The molecule has 2 N–H and O–H groups in total. The molecule has 1 heterocycles. The van der Waals surface area contributed by atoms with E-state index in [0.717, 1.165) is 12.8 Å². The van der Waals surface area contributed by atoms with Gasteiger partial charge in [-0.3, -0.25) is 14.6 Å². The van der Waals surface area contributed by atoms with Crippen LogP contribution in [0.15, 0.2) is 48.8 Å². The van der Waals surface area contributed by atoms with Crippen molar-refractivity contribution in [3.63, 3.8) is 0 Å². The van der Waals surface area contributed by atoms with Gasteiger partial charge in [0.05, 0.1) is 0 Å². The zero-order chi connectivity index (χ0) is 16.7. The summed E-state index contributed by atoms with van der Waals surface area (Å²) in [5, 5.41) is 5.67. The van der Waals surface area contributed by atoms with E-state index in [1.807, 2.05) is 13.8 Å². The molecule has 0 unspecified atom stereocenters. The van der Waals surface area contributed by atoms with Crippen LogP contribution < -0.4 is 10.6 Å². The summed E-state index contributed by atoms with van der Waals surface area (Å²) in [6.07, 6.45) is 4.82. The summed E-state index contributed by atoms with van der Waals surface area (Å²) in [6, 6.07) is 10.4. The van der Waals surface area contributed by atoms with Crippen molar-refractivity contribution in [1.29, 1.82) is 0 Å². The standard InChI is InChI=1S/C18H21N3O2/c1-3-13(4-2)17(22)21-16-7-5-6-14(12-16)18(23)20-15-8-10-19-11-9-15/h5-13H,3-4H2,1-2H3,(H,21,22)(H,19,20,23). The van der Waals surface area contributed by atoms with Crippen LogP contribution in [0, 0.1) is 5.92 Å². The van der Waals surface area contributed by atoms with Gasteiger partial charge in [-0.1, -0.05) is 19.9 Å². The molecule has 5 heteroatoms. The predicted molar refractivity (Wildman–Crippen MR) is 91.3 cm³/mol. The van der Waals surface area contributed by atoms with Crippen LogP contribution in [0.3, 0.4) is 0 Å². The Hall–Kier alpha value is -2.69. The number of benzene rings is 1. The van der Waals surface area contributed by atoms with Gasteiger partial charge in [0, 0.05) is 35.2 Å². The van der Waals surface area contributed by atoms with Gasteiger partial charge in [0.2, 0.25) is 5.91 Å². The minimum Gasteiger partial charge on any atom is -0.326 e. The lowest BCUT2D eigenvalue weighted by Gasteiger charge is -2.13. The Kier molecular flexibility index (Phi) is 5.86. The van der Waals surface area contributed by atoms with Gasteiger partial charge < -0.3 is 10.6 Å². The number of pyridine rings is 1. The maximum atomic E-state index is 12.3. The highest BCUT2D eigenvalue weighted by atomic mass is 16.2. The molecule has 1 aromatic heterocycles. The summed E-state index contributed by atoms with van der Waals surface area (Å²) in [5.74, 6) is -0.249. The average molecular weight is 311 g/mol. The first kappa shape index (κ1) is 16.7. The van der Waals surface area contributed by atoms with Crippen molar-refractivity contribution in [3.8, 4) is 0 Å². The van der Waals surface area contributed by atoms with E-state index in [2.05, 4.69) is 15.6 Å². The molecule has 2 rings (SSSR count). The molecule has 0 bridgehead atoms. The SMILES string of the molecule is CCC(CC)C(=O)Nc1cccc(C(=O)Nc2ccncc2)c1. The zero-order valence-corrected chi connectivity index (χ0v) is 13.4. The number of aromatic nitrogens is 1. The average Bonchev–Trinajstić information content (AvgIpc) is 2.57. The van der Waals surface area contributed by atoms with E-state index in [9.17, 15) is 9.59 Å². The molecule has 1 aromatic carbocycles. The topological polar surface area (TPSA) is 71.1 Å². The molecular weight excluding hydrogens is 290 g/mol. The zero-order valence-electron chi connectivity index (χ0n) is 13.4. The summed E-state index contributed by atoms with van der Waals surface area (Å²) < 4.78 is 0. The van der Waals surface area contributed by atoms with E-state index < -0.39 is 0 Å². The first-order valence-electron chi connectivity index (χ1n) is 7.76. The number of nitrogens with zero attached hydrogens (tertiary/aromatic N) is 1. The monoisotopic (exact) mass is 311 g/mol. The van der Waals surface area contributed by atoms with E-state index in [0.29, 0.717) is 16.9 Å². The minimum atomic E-state index is -0.227. The molecule has 0 spiro atoms. The molecule has 0 saturated heterocycles. The second-order valence-electron chi connectivity index (χ2n) is 5.27. The third-order valence-electron chi connectivity index (χ3n) is 3.69. The Morgan fingerprint density at radius 2 is 1.70 bits per heavy atom. The lowest BCUT2D eigenvalue weighted by molar-refractivity contribution is -0.120. The van der Waals surface area contributed by atoms with Crippen molar-refractivity contribution in [3.05, 3.63) is 54.4 Å². The van der Waals surface area contributed by atoms with Gasteiger partial charge in [0.1, 0.15) is 0 Å². The first-order valence-corrected chi connectivity index (χ1v) is 7.76. The fourth-order valence-electron chi connectivity index (χ4n) is 2.28. The van der Waals surface area contributed by atoms with Gasteiger partial charge in [-0.2, -0.15) is 0 Å². The van der Waals surface area contributed by atoms with Crippen LogP contribution in [-0.2, 0) is 4.79 Å². The van der Waals surface area contributed by atoms with Gasteiger partial charge in [0.25, 0.3) is 5.91 Å². The highest BCUT2D eigenvalue weighted by Crippen LogP contribution is 2.16. The molecule has 0 radical (unpaired) electrons. The molecule has 2 amide bonds. The molecule has 0 aliphatic heterocycles. The molecule has 0 fully saturated rings. The second kappa shape index (κ2) is 8.08. The lowest BCUT2D eigenvalue weighted by Crippen LogP contribution is -2.22. The molecule has 0 saturated carbocycles. The lowest BCUT2D eigenvalue weighted by atomic mass is 10.0. The number of nitrogens with one attached hydrogen (secondary N) is 2. The van der Waals surface area contributed by atoms with Crippen molar-refractivity contribution in [1.82, 2.24) is 4.98 Å². The fraction of sp³-hybridized carbons (Fsp3) is 0.278. The highest BCUT2D eigenvalue weighted by Gasteiger charge is 2.15. The van der Waals surface area contributed by atoms with Crippen LogP contribution in [0.2, 0.25) is 0 Å². The molecule has 0 aliphatic carbocycles. The van der Waals surface area contributed by atoms with Crippen LogP contribution >= 0.6 is 0 Å². The van der Waals surface area contributed by atoms with Gasteiger partial charge in [0.15, 0.2) is 0 Å². The van der Waals surface area contributed by atoms with Gasteiger partial charge in [-0.05, 0) is 43.2 Å². The largest absolute Gasteiger partial charge is 0.326 e. The Labute approximate surface area is 136 Å². The molecule has 0 atom stereocenters. The van der Waals surface area contributed by atoms with Crippen LogP contribution in [-0.4, -0.2) is 16.8 Å². The third-order valence-corrected chi connectivity index (χ3v) is 3.69. The summed E-state index contributed by atoms with van der Waals surface area (Å²) in [6.45, 7) is 3.98. The van der Waals surface area contributed by atoms with Gasteiger partial charge in [-0.25, -0.2) is 0 Å². The number of carbonyl (C=O) groups excluding carboxylic acids is 2. The second-order valence-corrected chi connectivity index (χ2v) is 5.27. The Morgan fingerprint density at radius 1 is 1.00 bits per heavy atom. The predicted octanol–water partition coefficient (Wildman–Crippen LogP) is 3.71. The molecular formula is C18H21N3O2. The molecule has 23 heavy (non-hydrogen) atoms. The fourth-order valence-corrected chi connectivity index (χ4v) is 2.28. The van der Waals surface area contributed by atoms with Crippen LogP contribution in [0.5, 0.6) is 0 Å². The van der Waals surface area contributed by atoms with Crippen molar-refractivity contribution in [2.45, 2.75) is 26.7 Å². The van der Waals surface area contributed by atoms with E-state index in [1.165, 1.54) is 0 Å². The summed E-state index contributed by atoms with van der Waals surface area (Å²) in [5.41, 5.74) is 1.80. The Balaban J connectivity index is 2.07. The molecule has 120 valence electrons. The van der Waals surface area contributed by atoms with Crippen molar-refractivity contribution in [2.24, 2.45) is 5.92 Å². The van der Waals surface area contributed by atoms with E-state index in [1.54, 1.807) is 48.8 Å². The Morgan fingerprint density at radius 3 is 2.35 bits per heavy atom. The van der Waals surface area contributed by atoms with E-state index in [4.69, 9.17) is 0 Å². The number of hydrogen-bond acceptors (Lipinski definition) is 3. The molecule has 5 nitrogen and oxygen atoms in total. The number of carbonyl (C=O) groups is 2. The normalized spacial score (nSPS) is 10.4. The smallest absolute Gasteiger partial charge is 0.255 e. The number of amides is 2. The quantitative estimate of drug-likeness (QED) is 0.854. The molecule has 2 aromatic rings. The number of anilines is 2. The van der Waals surface area contributed by atoms with Crippen LogP contribution in [0.25, 0.3) is 0 Å². The minimum absolute atomic E-state index is 0.00991. The summed E-state index contributed by atoms with van der Waals surface area (Å²) in [7, 11) is 0. The first-order chi connectivity index (χ1) is 11.1. The number of hydrogen-bond donors (Lipinski definition) is 2. The maximum Gasteiger partial charge on any atom is 0.255 e. The summed E-state index contributed by atoms with van der Waals surface area (Å²) >= 11 is 0. The van der Waals surface area contributed by atoms with E-state index in [-0.39, 0.29) is 17.7 Å². The number of rotatable bonds is 6. The third kappa shape index (κ3) is 4.64. The van der Waals surface area contributed by atoms with Gasteiger partial charge >= 0.3 is 0 Å². The van der Waals surface area contributed by atoms with Gasteiger partial charge in [-0.15, -0.1) is 0 Å². The van der Waals surface area contributed by atoms with Crippen LogP contribution in [0.4, 0.5) is 11.4 Å². The highest BCUT2D eigenvalue weighted by molar-refractivity contribution is 6.05. The Bertz CT molecular complexity index is 667. The van der Waals surface area contributed by atoms with Crippen molar-refractivity contribution in [2.75, 3.05) is 10.6 Å². The van der Waals surface area contributed by atoms with E-state index >= 15 is 0 Å². The summed E-state index contributed by atoms with van der Waals surface area (Å²) in [4.78, 5) is 28.3.